The Morgan fingerprint density at radius 2 is 2.33 bits per heavy atom. The summed E-state index contributed by atoms with van der Waals surface area (Å²) in [6.45, 7) is 2.01. The minimum Gasteiger partial charge on any atom is -0.384 e. The highest BCUT2D eigenvalue weighted by molar-refractivity contribution is 5.85. The van der Waals surface area contributed by atoms with Crippen LogP contribution in [0.2, 0.25) is 0 Å². The molecule has 1 heterocycles. The fourth-order valence-electron chi connectivity index (χ4n) is 1.41. The van der Waals surface area contributed by atoms with E-state index in [1.807, 2.05) is 6.92 Å². The number of anilines is 1. The molecule has 0 spiro atoms. The van der Waals surface area contributed by atoms with E-state index in [0.717, 1.165) is 18.4 Å². The monoisotopic (exact) mass is 207 g/mol. The number of hydrogen-bond donors (Lipinski definition) is 2. The first-order valence-electron chi connectivity index (χ1n) is 5.12. The third-order valence-corrected chi connectivity index (χ3v) is 2.24. The molecule has 82 valence electrons. The Hall–Kier alpha value is -1.42. The van der Waals surface area contributed by atoms with Crippen LogP contribution >= 0.6 is 0 Å². The van der Waals surface area contributed by atoms with E-state index < -0.39 is 0 Å². The number of hydrogen-bond acceptors (Lipinski definition) is 4. The van der Waals surface area contributed by atoms with Gasteiger partial charge in [0.2, 0.25) is 0 Å². The van der Waals surface area contributed by atoms with Crippen LogP contribution in [0.15, 0.2) is 18.3 Å². The molecule has 0 aromatic carbocycles. The zero-order valence-corrected chi connectivity index (χ0v) is 8.94. The number of nitrogens with two attached hydrogens (primary N) is 2. The van der Waals surface area contributed by atoms with Gasteiger partial charge >= 0.3 is 0 Å². The first kappa shape index (κ1) is 11.7. The molecule has 1 atom stereocenters. The Morgan fingerprint density at radius 1 is 1.60 bits per heavy atom. The Labute approximate surface area is 89.7 Å². The van der Waals surface area contributed by atoms with Gasteiger partial charge in [-0.05, 0) is 24.1 Å². The summed E-state index contributed by atoms with van der Waals surface area (Å²) in [4.78, 5) is 15.5. The molecule has 0 aliphatic rings. The van der Waals surface area contributed by atoms with E-state index in [9.17, 15) is 4.79 Å². The van der Waals surface area contributed by atoms with Gasteiger partial charge in [0.25, 0.3) is 0 Å². The van der Waals surface area contributed by atoms with Crippen LogP contribution in [0.5, 0.6) is 0 Å². The van der Waals surface area contributed by atoms with Gasteiger partial charge in [-0.15, -0.1) is 0 Å². The number of aromatic nitrogens is 1. The van der Waals surface area contributed by atoms with Crippen LogP contribution in [-0.4, -0.2) is 16.8 Å². The lowest BCUT2D eigenvalue weighted by Gasteiger charge is -2.08. The number of ketones is 1. The maximum Gasteiger partial charge on any atom is 0.153 e. The van der Waals surface area contributed by atoms with Gasteiger partial charge < -0.3 is 11.5 Å². The van der Waals surface area contributed by atoms with Crippen LogP contribution in [0.25, 0.3) is 0 Å². The van der Waals surface area contributed by atoms with Gasteiger partial charge in [-0.2, -0.15) is 0 Å². The molecule has 1 rings (SSSR count). The molecule has 0 aliphatic heterocycles. The summed E-state index contributed by atoms with van der Waals surface area (Å²) in [5, 5.41) is 0. The van der Waals surface area contributed by atoms with Crippen LogP contribution in [0.1, 0.15) is 25.3 Å². The highest BCUT2D eigenvalue weighted by atomic mass is 16.1. The number of carbonyl (C=O) groups is 1. The Morgan fingerprint density at radius 3 is 2.93 bits per heavy atom. The molecule has 0 bridgehead atoms. The number of carbonyl (C=O) groups excluding carboxylic acids is 1. The molecule has 4 heteroatoms. The molecular weight excluding hydrogens is 190 g/mol. The van der Waals surface area contributed by atoms with Crippen LogP contribution in [-0.2, 0) is 11.2 Å². The Balaban J connectivity index is 2.58. The van der Waals surface area contributed by atoms with Gasteiger partial charge in [-0.3, -0.25) is 4.79 Å². The first-order valence-corrected chi connectivity index (χ1v) is 5.12. The molecule has 1 aromatic rings. The normalized spacial score (nSPS) is 12.4. The number of nitrogens with zero attached hydrogens (tertiary/aromatic N) is 1. The van der Waals surface area contributed by atoms with Crippen molar-refractivity contribution in [3.63, 3.8) is 0 Å². The molecule has 0 aliphatic carbocycles. The molecule has 0 saturated heterocycles. The molecule has 1 aromatic heterocycles. The van der Waals surface area contributed by atoms with E-state index in [2.05, 4.69) is 4.98 Å². The van der Waals surface area contributed by atoms with Gasteiger partial charge in [0, 0.05) is 12.6 Å². The second-order valence-corrected chi connectivity index (χ2v) is 3.63. The minimum absolute atomic E-state index is 0.0578. The van der Waals surface area contributed by atoms with Crippen molar-refractivity contribution < 1.29 is 4.79 Å². The molecule has 1 unspecified atom stereocenters. The van der Waals surface area contributed by atoms with Crippen LogP contribution in [0, 0.1) is 0 Å². The maximum atomic E-state index is 11.6. The van der Waals surface area contributed by atoms with Crippen LogP contribution in [0.4, 0.5) is 5.82 Å². The molecule has 0 radical (unpaired) electrons. The molecule has 0 fully saturated rings. The Bertz CT molecular complexity index is 338. The fourth-order valence-corrected chi connectivity index (χ4v) is 1.41. The van der Waals surface area contributed by atoms with Crippen molar-refractivity contribution in [1.29, 1.82) is 0 Å². The van der Waals surface area contributed by atoms with Crippen molar-refractivity contribution in [2.45, 2.75) is 32.2 Å². The smallest absolute Gasteiger partial charge is 0.153 e. The summed E-state index contributed by atoms with van der Waals surface area (Å²) in [5.41, 5.74) is 12.1. The lowest BCUT2D eigenvalue weighted by molar-refractivity contribution is -0.119. The highest BCUT2D eigenvalue weighted by Crippen LogP contribution is 2.06. The van der Waals surface area contributed by atoms with E-state index in [1.54, 1.807) is 18.3 Å². The summed E-state index contributed by atoms with van der Waals surface area (Å²) in [6.07, 6.45) is 3.60. The predicted molar refractivity (Wildman–Crippen MR) is 60.2 cm³/mol. The summed E-state index contributed by atoms with van der Waals surface area (Å²) < 4.78 is 0. The summed E-state index contributed by atoms with van der Waals surface area (Å²) in [5.74, 6) is 0.492. The molecule has 0 amide bonds. The van der Waals surface area contributed by atoms with Crippen molar-refractivity contribution in [3.8, 4) is 0 Å². The number of nitrogen functional groups attached to an aromatic ring is 1. The van der Waals surface area contributed by atoms with Gasteiger partial charge in [-0.1, -0.05) is 13.3 Å². The molecule has 4 N–H and O–H groups in total. The first-order chi connectivity index (χ1) is 7.13. The van der Waals surface area contributed by atoms with Crippen LogP contribution in [0.3, 0.4) is 0 Å². The van der Waals surface area contributed by atoms with Crippen molar-refractivity contribution in [2.24, 2.45) is 5.73 Å². The SMILES string of the molecule is CCCC(N)C(=O)Cc1ccnc(N)c1. The molecule has 15 heavy (non-hydrogen) atoms. The average molecular weight is 207 g/mol. The van der Waals surface area contributed by atoms with Gasteiger partial charge in [-0.25, -0.2) is 4.98 Å². The van der Waals surface area contributed by atoms with Crippen LogP contribution < -0.4 is 11.5 Å². The zero-order valence-electron chi connectivity index (χ0n) is 8.94. The maximum absolute atomic E-state index is 11.6. The highest BCUT2D eigenvalue weighted by Gasteiger charge is 2.12. The largest absolute Gasteiger partial charge is 0.384 e. The van der Waals surface area contributed by atoms with Gasteiger partial charge in [0.15, 0.2) is 5.78 Å². The predicted octanol–water partition coefficient (Wildman–Crippen LogP) is 0.903. The second kappa shape index (κ2) is 5.46. The van der Waals surface area contributed by atoms with Crippen molar-refractivity contribution in [2.75, 3.05) is 5.73 Å². The number of rotatable bonds is 5. The topological polar surface area (TPSA) is 82.0 Å². The van der Waals surface area contributed by atoms with Gasteiger partial charge in [0.1, 0.15) is 5.82 Å². The second-order valence-electron chi connectivity index (χ2n) is 3.63. The minimum atomic E-state index is -0.357. The summed E-state index contributed by atoms with van der Waals surface area (Å²) >= 11 is 0. The number of Topliss-reactive ketones (excluding diaryl/α,β-unsaturated/α-hetero) is 1. The lowest BCUT2D eigenvalue weighted by atomic mass is 10.0. The summed E-state index contributed by atoms with van der Waals surface area (Å²) in [7, 11) is 0. The number of pyridine rings is 1. The standard InChI is InChI=1S/C11H17N3O/c1-2-3-9(12)10(15)6-8-4-5-14-11(13)7-8/h4-5,7,9H,2-3,6,12H2,1H3,(H2,13,14). The van der Waals surface area contributed by atoms with E-state index in [4.69, 9.17) is 11.5 Å². The van der Waals surface area contributed by atoms with Crippen molar-refractivity contribution in [3.05, 3.63) is 23.9 Å². The zero-order chi connectivity index (χ0) is 11.3. The van der Waals surface area contributed by atoms with E-state index in [-0.39, 0.29) is 11.8 Å². The summed E-state index contributed by atoms with van der Waals surface area (Å²) in [6, 6.07) is 3.13. The molecule has 0 saturated carbocycles. The molecular formula is C11H17N3O. The van der Waals surface area contributed by atoms with Crippen molar-refractivity contribution >= 4 is 11.6 Å². The molecule has 4 nitrogen and oxygen atoms in total. The van der Waals surface area contributed by atoms with E-state index in [1.165, 1.54) is 0 Å². The Kier molecular flexibility index (Phi) is 4.24. The third-order valence-electron chi connectivity index (χ3n) is 2.24. The van der Waals surface area contributed by atoms with E-state index >= 15 is 0 Å². The quantitative estimate of drug-likeness (QED) is 0.751. The van der Waals surface area contributed by atoms with E-state index in [0.29, 0.717) is 12.2 Å². The fraction of sp³-hybridized carbons (Fsp3) is 0.455. The van der Waals surface area contributed by atoms with Crippen molar-refractivity contribution in [1.82, 2.24) is 4.98 Å². The average Bonchev–Trinajstić information content (AvgIpc) is 2.18. The third kappa shape index (κ3) is 3.67. The van der Waals surface area contributed by atoms with Gasteiger partial charge in [0.05, 0.1) is 6.04 Å². The lowest BCUT2D eigenvalue weighted by Crippen LogP contribution is -2.31.